The molecule has 114 valence electrons. The van der Waals surface area contributed by atoms with Gasteiger partial charge in [-0.1, -0.05) is 0 Å². The zero-order valence-electron chi connectivity index (χ0n) is 10.9. The number of alkyl halides is 3. The van der Waals surface area contributed by atoms with Crippen molar-refractivity contribution in [2.45, 2.75) is 25.1 Å². The SMILES string of the molecule is O=Cc1cccnc1[C@H]1C[C@H](C(F)(F)F)CCN1C(=O)O. The van der Waals surface area contributed by atoms with Crippen molar-refractivity contribution in [3.05, 3.63) is 29.6 Å². The maximum Gasteiger partial charge on any atom is 0.407 e. The summed E-state index contributed by atoms with van der Waals surface area (Å²) in [6, 6.07) is 1.82. The van der Waals surface area contributed by atoms with Gasteiger partial charge in [-0.3, -0.25) is 14.7 Å². The molecule has 1 aromatic heterocycles. The second-order valence-corrected chi connectivity index (χ2v) is 4.85. The van der Waals surface area contributed by atoms with Gasteiger partial charge in [0.25, 0.3) is 0 Å². The zero-order valence-corrected chi connectivity index (χ0v) is 10.9. The van der Waals surface area contributed by atoms with Crippen molar-refractivity contribution >= 4 is 12.4 Å². The Morgan fingerprint density at radius 2 is 2.19 bits per heavy atom. The minimum absolute atomic E-state index is 0.0730. The highest BCUT2D eigenvalue weighted by Gasteiger charge is 2.46. The Balaban J connectivity index is 2.38. The Bertz CT molecular complexity index is 548. The number of pyridine rings is 1. The van der Waals surface area contributed by atoms with Crippen LogP contribution in [0.5, 0.6) is 0 Å². The second-order valence-electron chi connectivity index (χ2n) is 4.85. The van der Waals surface area contributed by atoms with E-state index in [1.165, 1.54) is 18.3 Å². The first-order valence-electron chi connectivity index (χ1n) is 6.31. The highest BCUT2D eigenvalue weighted by Crippen LogP contribution is 2.42. The minimum atomic E-state index is -4.39. The van der Waals surface area contributed by atoms with E-state index in [0.29, 0.717) is 6.29 Å². The van der Waals surface area contributed by atoms with Crippen LogP contribution < -0.4 is 0 Å². The predicted molar refractivity (Wildman–Crippen MR) is 65.9 cm³/mol. The van der Waals surface area contributed by atoms with Gasteiger partial charge in [0.05, 0.1) is 17.7 Å². The van der Waals surface area contributed by atoms with E-state index in [-0.39, 0.29) is 24.2 Å². The number of hydrogen-bond donors (Lipinski definition) is 1. The van der Waals surface area contributed by atoms with Crippen LogP contribution in [-0.4, -0.2) is 40.1 Å². The molecule has 1 aromatic rings. The summed E-state index contributed by atoms with van der Waals surface area (Å²) in [5, 5.41) is 9.15. The number of carboxylic acid groups (broad SMARTS) is 1. The highest BCUT2D eigenvalue weighted by atomic mass is 19.4. The smallest absolute Gasteiger partial charge is 0.407 e. The van der Waals surface area contributed by atoms with Gasteiger partial charge in [0, 0.05) is 18.3 Å². The topological polar surface area (TPSA) is 70.5 Å². The molecule has 2 rings (SSSR count). The Labute approximate surface area is 118 Å². The Morgan fingerprint density at radius 3 is 2.76 bits per heavy atom. The molecule has 21 heavy (non-hydrogen) atoms. The van der Waals surface area contributed by atoms with E-state index in [1.807, 2.05) is 0 Å². The van der Waals surface area contributed by atoms with Crippen LogP contribution in [0.2, 0.25) is 0 Å². The van der Waals surface area contributed by atoms with E-state index in [4.69, 9.17) is 5.11 Å². The van der Waals surface area contributed by atoms with Gasteiger partial charge in [0.2, 0.25) is 0 Å². The third-order valence-electron chi connectivity index (χ3n) is 3.62. The highest BCUT2D eigenvalue weighted by molar-refractivity contribution is 5.77. The van der Waals surface area contributed by atoms with E-state index in [1.54, 1.807) is 0 Å². The second kappa shape index (κ2) is 5.71. The number of halogens is 3. The molecule has 1 aliphatic heterocycles. The summed E-state index contributed by atoms with van der Waals surface area (Å²) in [4.78, 5) is 27.1. The quantitative estimate of drug-likeness (QED) is 0.853. The summed E-state index contributed by atoms with van der Waals surface area (Å²) in [5.41, 5.74) is 0.181. The fourth-order valence-corrected chi connectivity index (χ4v) is 2.56. The van der Waals surface area contributed by atoms with Crippen LogP contribution >= 0.6 is 0 Å². The van der Waals surface area contributed by atoms with Crippen LogP contribution in [0, 0.1) is 5.92 Å². The van der Waals surface area contributed by atoms with Gasteiger partial charge in [0.15, 0.2) is 6.29 Å². The van der Waals surface area contributed by atoms with Crippen LogP contribution in [-0.2, 0) is 0 Å². The average molecular weight is 302 g/mol. The molecule has 0 aliphatic carbocycles. The van der Waals surface area contributed by atoms with Gasteiger partial charge in [-0.2, -0.15) is 13.2 Å². The van der Waals surface area contributed by atoms with E-state index < -0.39 is 30.7 Å². The van der Waals surface area contributed by atoms with Gasteiger partial charge < -0.3 is 5.11 Å². The van der Waals surface area contributed by atoms with Crippen LogP contribution in [0.3, 0.4) is 0 Å². The molecular formula is C13H13F3N2O3. The van der Waals surface area contributed by atoms with Crippen molar-refractivity contribution < 1.29 is 27.9 Å². The predicted octanol–water partition coefficient (Wildman–Crippen LogP) is 2.89. The first-order valence-corrected chi connectivity index (χ1v) is 6.31. The van der Waals surface area contributed by atoms with Crippen molar-refractivity contribution in [1.29, 1.82) is 0 Å². The number of rotatable bonds is 2. The van der Waals surface area contributed by atoms with Crippen LogP contribution in [0.15, 0.2) is 18.3 Å². The molecule has 0 spiro atoms. The molecule has 5 nitrogen and oxygen atoms in total. The molecule has 0 aromatic carbocycles. The first kappa shape index (κ1) is 15.3. The van der Waals surface area contributed by atoms with Gasteiger partial charge in [-0.25, -0.2) is 4.79 Å². The summed E-state index contributed by atoms with van der Waals surface area (Å²) in [6.45, 7) is -0.237. The molecule has 1 amide bonds. The molecule has 1 saturated heterocycles. The maximum absolute atomic E-state index is 12.9. The van der Waals surface area contributed by atoms with E-state index in [0.717, 1.165) is 4.90 Å². The molecule has 1 aliphatic rings. The lowest BCUT2D eigenvalue weighted by Crippen LogP contribution is -2.44. The number of carbonyl (C=O) groups excluding carboxylic acids is 1. The fraction of sp³-hybridized carbons (Fsp3) is 0.462. The lowest BCUT2D eigenvalue weighted by molar-refractivity contribution is -0.188. The summed E-state index contributed by atoms with van der Waals surface area (Å²) >= 11 is 0. The molecule has 2 heterocycles. The molecule has 2 atom stereocenters. The first-order chi connectivity index (χ1) is 9.84. The largest absolute Gasteiger partial charge is 0.465 e. The Hall–Kier alpha value is -2.12. The van der Waals surface area contributed by atoms with Crippen LogP contribution in [0.4, 0.5) is 18.0 Å². The fourth-order valence-electron chi connectivity index (χ4n) is 2.56. The average Bonchev–Trinajstić information content (AvgIpc) is 2.45. The normalized spacial score (nSPS) is 22.9. The summed E-state index contributed by atoms with van der Waals surface area (Å²) in [5.74, 6) is -1.60. The number of likely N-dealkylation sites (tertiary alicyclic amines) is 1. The van der Waals surface area contributed by atoms with E-state index >= 15 is 0 Å². The molecule has 1 N–H and O–H groups in total. The van der Waals surface area contributed by atoms with E-state index in [9.17, 15) is 22.8 Å². The number of carbonyl (C=O) groups is 2. The molecule has 8 heteroatoms. The van der Waals surface area contributed by atoms with Crippen molar-refractivity contribution in [1.82, 2.24) is 9.88 Å². The molecule has 1 fully saturated rings. The minimum Gasteiger partial charge on any atom is -0.465 e. The molecule has 0 radical (unpaired) electrons. The lowest BCUT2D eigenvalue weighted by Gasteiger charge is -2.38. The monoisotopic (exact) mass is 302 g/mol. The van der Waals surface area contributed by atoms with Crippen molar-refractivity contribution in [2.75, 3.05) is 6.54 Å². The van der Waals surface area contributed by atoms with Gasteiger partial charge in [0.1, 0.15) is 0 Å². The van der Waals surface area contributed by atoms with Gasteiger partial charge in [-0.05, 0) is 25.0 Å². The number of amides is 1. The number of nitrogens with zero attached hydrogens (tertiary/aromatic N) is 2. The molecule has 0 unspecified atom stereocenters. The van der Waals surface area contributed by atoms with Crippen molar-refractivity contribution in [2.24, 2.45) is 5.92 Å². The zero-order chi connectivity index (χ0) is 15.6. The summed E-state index contributed by atoms with van der Waals surface area (Å²) in [7, 11) is 0. The van der Waals surface area contributed by atoms with Crippen LogP contribution in [0.25, 0.3) is 0 Å². The summed E-state index contributed by atoms with van der Waals surface area (Å²) in [6.07, 6.45) is -4.61. The number of aromatic nitrogens is 1. The Morgan fingerprint density at radius 1 is 1.48 bits per heavy atom. The van der Waals surface area contributed by atoms with Gasteiger partial charge in [-0.15, -0.1) is 0 Å². The molecular weight excluding hydrogens is 289 g/mol. The number of hydrogen-bond acceptors (Lipinski definition) is 3. The maximum atomic E-state index is 12.9. The van der Waals surface area contributed by atoms with Crippen molar-refractivity contribution in [3.8, 4) is 0 Å². The number of piperidine rings is 1. The third-order valence-corrected chi connectivity index (χ3v) is 3.62. The Kier molecular flexibility index (Phi) is 4.15. The van der Waals surface area contributed by atoms with Crippen LogP contribution in [0.1, 0.15) is 34.9 Å². The van der Waals surface area contributed by atoms with Crippen molar-refractivity contribution in [3.63, 3.8) is 0 Å². The number of aldehydes is 1. The van der Waals surface area contributed by atoms with E-state index in [2.05, 4.69) is 4.98 Å². The van der Waals surface area contributed by atoms with Gasteiger partial charge >= 0.3 is 12.3 Å². The lowest BCUT2D eigenvalue weighted by atomic mass is 9.87. The third kappa shape index (κ3) is 3.14. The standard InChI is InChI=1S/C13H13F3N2O3/c14-13(15,16)9-3-5-18(12(20)21)10(6-9)11-8(7-19)2-1-4-17-11/h1-2,4,7,9-10H,3,5-6H2,(H,20,21)/t9-,10-/m1/s1. The molecule has 0 saturated carbocycles. The molecule has 0 bridgehead atoms. The summed E-state index contributed by atoms with van der Waals surface area (Å²) < 4.78 is 38.7.